The van der Waals surface area contributed by atoms with Crippen molar-refractivity contribution in [3.05, 3.63) is 68.4 Å². The SMILES string of the molecule is O=c1[nH]c(O)c(C=Nc2ccc(CN3CCSC3)cc2)c2cc(Br)ccc12. The van der Waals surface area contributed by atoms with Crippen molar-refractivity contribution < 1.29 is 5.11 Å². The molecule has 1 aliphatic heterocycles. The van der Waals surface area contributed by atoms with E-state index in [1.54, 1.807) is 18.3 Å². The van der Waals surface area contributed by atoms with Gasteiger partial charge in [-0.05, 0) is 35.9 Å². The number of rotatable bonds is 4. The van der Waals surface area contributed by atoms with Crippen LogP contribution in [-0.4, -0.2) is 39.4 Å². The molecule has 4 rings (SSSR count). The molecule has 0 bridgehead atoms. The van der Waals surface area contributed by atoms with E-state index in [2.05, 4.69) is 42.9 Å². The summed E-state index contributed by atoms with van der Waals surface area (Å²) in [6, 6.07) is 13.4. The van der Waals surface area contributed by atoms with Gasteiger partial charge in [-0.15, -0.1) is 11.8 Å². The first-order valence-electron chi connectivity index (χ1n) is 8.58. The molecule has 0 unspecified atom stereocenters. The molecule has 27 heavy (non-hydrogen) atoms. The number of halogens is 1. The third kappa shape index (κ3) is 4.10. The van der Waals surface area contributed by atoms with E-state index in [0.717, 1.165) is 29.1 Å². The van der Waals surface area contributed by atoms with Crippen LogP contribution < -0.4 is 5.56 Å². The molecule has 0 spiro atoms. The number of hydrogen-bond acceptors (Lipinski definition) is 5. The first kappa shape index (κ1) is 18.3. The first-order chi connectivity index (χ1) is 13.1. The van der Waals surface area contributed by atoms with Crippen LogP contribution in [0.15, 0.2) is 56.7 Å². The number of pyridine rings is 1. The summed E-state index contributed by atoms with van der Waals surface area (Å²) in [5, 5.41) is 11.4. The summed E-state index contributed by atoms with van der Waals surface area (Å²) in [6.07, 6.45) is 1.59. The van der Waals surface area contributed by atoms with Crippen molar-refractivity contribution in [1.82, 2.24) is 9.88 Å². The molecule has 2 heterocycles. The molecule has 138 valence electrons. The highest BCUT2D eigenvalue weighted by Gasteiger charge is 2.12. The average Bonchev–Trinajstić information content (AvgIpc) is 3.15. The van der Waals surface area contributed by atoms with Gasteiger partial charge < -0.3 is 5.11 Å². The lowest BCUT2D eigenvalue weighted by Crippen LogP contribution is -2.18. The number of aromatic nitrogens is 1. The van der Waals surface area contributed by atoms with Crippen molar-refractivity contribution in [2.24, 2.45) is 4.99 Å². The number of H-pyrrole nitrogens is 1. The molecule has 5 nitrogen and oxygen atoms in total. The number of thioether (sulfide) groups is 1. The van der Waals surface area contributed by atoms with E-state index in [0.29, 0.717) is 16.3 Å². The normalized spacial score (nSPS) is 15.1. The summed E-state index contributed by atoms with van der Waals surface area (Å²) in [5.74, 6) is 2.11. The molecule has 0 amide bonds. The lowest BCUT2D eigenvalue weighted by atomic mass is 10.1. The number of aromatic hydroxyl groups is 1. The smallest absolute Gasteiger partial charge is 0.258 e. The van der Waals surface area contributed by atoms with Crippen LogP contribution in [0.3, 0.4) is 0 Å². The van der Waals surface area contributed by atoms with Crippen LogP contribution in [0.2, 0.25) is 0 Å². The van der Waals surface area contributed by atoms with Gasteiger partial charge in [-0.2, -0.15) is 0 Å². The van der Waals surface area contributed by atoms with Gasteiger partial charge >= 0.3 is 0 Å². The van der Waals surface area contributed by atoms with Gasteiger partial charge in [0.2, 0.25) is 5.88 Å². The van der Waals surface area contributed by atoms with Crippen LogP contribution in [0, 0.1) is 0 Å². The first-order valence-corrected chi connectivity index (χ1v) is 10.5. The quantitative estimate of drug-likeness (QED) is 0.591. The summed E-state index contributed by atoms with van der Waals surface area (Å²) < 4.78 is 0.832. The topological polar surface area (TPSA) is 68.7 Å². The average molecular weight is 444 g/mol. The van der Waals surface area contributed by atoms with Gasteiger partial charge in [0, 0.05) is 46.2 Å². The molecule has 0 radical (unpaired) electrons. The second kappa shape index (κ2) is 7.88. The van der Waals surface area contributed by atoms with Crippen LogP contribution >= 0.6 is 27.7 Å². The fraction of sp³-hybridized carbons (Fsp3) is 0.200. The van der Waals surface area contributed by atoms with E-state index < -0.39 is 0 Å². The molecular formula is C20H18BrN3O2S. The van der Waals surface area contributed by atoms with Crippen molar-refractivity contribution in [2.75, 3.05) is 18.2 Å². The summed E-state index contributed by atoms with van der Waals surface area (Å²) in [4.78, 5) is 21.4. The Bertz CT molecular complexity index is 1060. The number of benzene rings is 2. The number of aromatic amines is 1. The minimum atomic E-state index is -0.323. The maximum atomic E-state index is 12.0. The summed E-state index contributed by atoms with van der Waals surface area (Å²) >= 11 is 5.38. The molecule has 3 aromatic rings. The number of nitrogens with zero attached hydrogens (tertiary/aromatic N) is 2. The molecule has 0 saturated carbocycles. The Labute approximate surface area is 169 Å². The maximum absolute atomic E-state index is 12.0. The molecule has 1 saturated heterocycles. The third-order valence-electron chi connectivity index (χ3n) is 4.51. The predicted octanol–water partition coefficient (Wildman–Crippen LogP) is 4.25. The van der Waals surface area contributed by atoms with E-state index in [4.69, 9.17) is 0 Å². The van der Waals surface area contributed by atoms with Crippen LogP contribution in [0.5, 0.6) is 5.88 Å². The standard InChI is InChI=1S/C20H18BrN3O2S/c21-14-3-6-16-17(9-14)18(20(26)23-19(16)25)10-22-15-4-1-13(2-5-15)11-24-7-8-27-12-24/h1-6,9-10H,7-8,11-12H2,(H2,23,25,26). The Kier molecular flexibility index (Phi) is 5.33. The highest BCUT2D eigenvalue weighted by atomic mass is 79.9. The third-order valence-corrected chi connectivity index (χ3v) is 6.03. The van der Waals surface area contributed by atoms with Crippen molar-refractivity contribution >= 4 is 50.4 Å². The van der Waals surface area contributed by atoms with E-state index >= 15 is 0 Å². The molecule has 2 N–H and O–H groups in total. The lowest BCUT2D eigenvalue weighted by Gasteiger charge is -2.13. The maximum Gasteiger partial charge on any atom is 0.258 e. The summed E-state index contributed by atoms with van der Waals surface area (Å²) in [5.41, 5.74) is 2.22. The molecule has 1 fully saturated rings. The monoisotopic (exact) mass is 443 g/mol. The molecule has 0 atom stereocenters. The molecule has 1 aliphatic rings. The number of fused-ring (bicyclic) bond motifs is 1. The fourth-order valence-electron chi connectivity index (χ4n) is 3.10. The predicted molar refractivity (Wildman–Crippen MR) is 115 cm³/mol. The molecule has 2 aromatic carbocycles. The second-order valence-corrected chi connectivity index (χ2v) is 8.41. The van der Waals surface area contributed by atoms with Crippen LogP contribution in [-0.2, 0) is 6.54 Å². The van der Waals surface area contributed by atoms with Crippen molar-refractivity contribution in [1.29, 1.82) is 0 Å². The van der Waals surface area contributed by atoms with Crippen molar-refractivity contribution in [2.45, 2.75) is 6.54 Å². The van der Waals surface area contributed by atoms with Crippen LogP contribution in [0.4, 0.5) is 5.69 Å². The van der Waals surface area contributed by atoms with Crippen LogP contribution in [0.1, 0.15) is 11.1 Å². The van der Waals surface area contributed by atoms with E-state index in [9.17, 15) is 9.90 Å². The van der Waals surface area contributed by atoms with E-state index in [-0.39, 0.29) is 11.4 Å². The molecule has 1 aromatic heterocycles. The van der Waals surface area contributed by atoms with Gasteiger partial charge in [0.1, 0.15) is 0 Å². The highest BCUT2D eigenvalue weighted by Crippen LogP contribution is 2.25. The fourth-order valence-corrected chi connectivity index (χ4v) is 4.46. The Balaban J connectivity index is 1.61. The largest absolute Gasteiger partial charge is 0.494 e. The summed E-state index contributed by atoms with van der Waals surface area (Å²) in [7, 11) is 0. The molecule has 0 aliphatic carbocycles. The Morgan fingerprint density at radius 1 is 1.22 bits per heavy atom. The molecular weight excluding hydrogens is 426 g/mol. The van der Waals surface area contributed by atoms with Crippen molar-refractivity contribution in [3.8, 4) is 5.88 Å². The Morgan fingerprint density at radius 3 is 2.78 bits per heavy atom. The number of aliphatic imine (C=N–C) groups is 1. The van der Waals surface area contributed by atoms with Gasteiger partial charge in [-0.1, -0.05) is 28.1 Å². The van der Waals surface area contributed by atoms with Gasteiger partial charge in [0.05, 0.1) is 11.3 Å². The summed E-state index contributed by atoms with van der Waals surface area (Å²) in [6.45, 7) is 2.09. The highest BCUT2D eigenvalue weighted by molar-refractivity contribution is 9.10. The minimum Gasteiger partial charge on any atom is -0.494 e. The van der Waals surface area contributed by atoms with Gasteiger partial charge in [0.25, 0.3) is 5.56 Å². The zero-order chi connectivity index (χ0) is 18.8. The number of nitrogens with one attached hydrogen (secondary N) is 1. The van der Waals surface area contributed by atoms with Crippen LogP contribution in [0.25, 0.3) is 10.8 Å². The van der Waals surface area contributed by atoms with Crippen molar-refractivity contribution in [3.63, 3.8) is 0 Å². The zero-order valence-corrected chi connectivity index (χ0v) is 16.9. The Morgan fingerprint density at radius 2 is 2.04 bits per heavy atom. The molecule has 7 heteroatoms. The van der Waals surface area contributed by atoms with E-state index in [1.807, 2.05) is 30.0 Å². The van der Waals surface area contributed by atoms with Gasteiger partial charge in [0.15, 0.2) is 0 Å². The zero-order valence-electron chi connectivity index (χ0n) is 14.5. The van der Waals surface area contributed by atoms with E-state index in [1.165, 1.54) is 11.3 Å². The minimum absolute atomic E-state index is 0.183. The lowest BCUT2D eigenvalue weighted by molar-refractivity contribution is 0.349. The second-order valence-electron chi connectivity index (χ2n) is 6.42. The van der Waals surface area contributed by atoms with Gasteiger partial charge in [-0.3, -0.25) is 19.7 Å². The number of hydrogen-bond donors (Lipinski definition) is 2. The van der Waals surface area contributed by atoms with Gasteiger partial charge in [-0.25, -0.2) is 0 Å². The Hall–Kier alpha value is -2.09.